The average molecular weight is 453 g/mol. The molecule has 34 heavy (non-hydrogen) atoms. The summed E-state index contributed by atoms with van der Waals surface area (Å²) in [6, 6.07) is 21.1. The average Bonchev–Trinajstić information content (AvgIpc) is 3.50. The highest BCUT2D eigenvalue weighted by Gasteiger charge is 2.14. The number of halogens is 1. The van der Waals surface area contributed by atoms with Crippen LogP contribution in [0.25, 0.3) is 23.0 Å². The SMILES string of the molecule is Cc1ccccc1C(=O)Nc1ccc(Cn2cnc(-c3nc(-c4cccc(F)c4)no3)c2)cc1. The van der Waals surface area contributed by atoms with E-state index in [-0.39, 0.29) is 17.6 Å². The highest BCUT2D eigenvalue weighted by molar-refractivity contribution is 6.05. The van der Waals surface area contributed by atoms with Gasteiger partial charge in [0.25, 0.3) is 11.8 Å². The number of carbonyl (C=O) groups is 1. The van der Waals surface area contributed by atoms with Crippen molar-refractivity contribution in [3.63, 3.8) is 0 Å². The standard InChI is InChI=1S/C26H20FN5O2/c1-17-5-2-3-8-22(17)25(33)29-21-11-9-18(10-12-21)14-32-15-23(28-16-32)26-30-24(31-34-26)19-6-4-7-20(27)13-19/h2-13,15-16H,14H2,1H3,(H,29,33). The number of imidazole rings is 1. The van der Waals surface area contributed by atoms with Gasteiger partial charge in [0, 0.05) is 29.6 Å². The number of hydrogen-bond donors (Lipinski definition) is 1. The molecule has 0 atom stereocenters. The number of amides is 1. The van der Waals surface area contributed by atoms with Gasteiger partial charge in [-0.25, -0.2) is 9.37 Å². The lowest BCUT2D eigenvalue weighted by atomic mass is 10.1. The van der Waals surface area contributed by atoms with E-state index in [1.165, 1.54) is 12.1 Å². The minimum Gasteiger partial charge on any atom is -0.332 e. The number of anilines is 1. The van der Waals surface area contributed by atoms with E-state index in [9.17, 15) is 9.18 Å². The first-order chi connectivity index (χ1) is 16.5. The van der Waals surface area contributed by atoms with Crippen LogP contribution in [0.2, 0.25) is 0 Å². The fourth-order valence-electron chi connectivity index (χ4n) is 3.56. The van der Waals surface area contributed by atoms with Gasteiger partial charge in [0.05, 0.1) is 6.33 Å². The number of rotatable bonds is 6. The first-order valence-electron chi connectivity index (χ1n) is 10.6. The Balaban J connectivity index is 1.24. The van der Waals surface area contributed by atoms with Crippen LogP contribution in [0.15, 0.2) is 89.8 Å². The molecule has 2 heterocycles. The first kappa shape index (κ1) is 21.3. The summed E-state index contributed by atoms with van der Waals surface area (Å²) in [5.74, 6) is 0.0517. The van der Waals surface area contributed by atoms with Crippen LogP contribution < -0.4 is 5.32 Å². The van der Waals surface area contributed by atoms with Crippen molar-refractivity contribution in [2.45, 2.75) is 13.5 Å². The number of aromatic nitrogens is 4. The van der Waals surface area contributed by atoms with Gasteiger partial charge < -0.3 is 14.4 Å². The van der Waals surface area contributed by atoms with Gasteiger partial charge in [-0.15, -0.1) is 0 Å². The highest BCUT2D eigenvalue weighted by Crippen LogP contribution is 2.22. The van der Waals surface area contributed by atoms with Crippen LogP contribution in [0, 0.1) is 12.7 Å². The minimum atomic E-state index is -0.367. The molecule has 0 saturated heterocycles. The maximum atomic E-state index is 13.5. The van der Waals surface area contributed by atoms with Crippen LogP contribution in [0.5, 0.6) is 0 Å². The highest BCUT2D eigenvalue weighted by atomic mass is 19.1. The van der Waals surface area contributed by atoms with E-state index in [1.54, 1.807) is 30.7 Å². The molecule has 168 valence electrons. The lowest BCUT2D eigenvalue weighted by molar-refractivity contribution is 0.102. The van der Waals surface area contributed by atoms with Crippen molar-refractivity contribution in [2.75, 3.05) is 5.32 Å². The lowest BCUT2D eigenvalue weighted by Crippen LogP contribution is -2.13. The smallest absolute Gasteiger partial charge is 0.278 e. The fourth-order valence-corrected chi connectivity index (χ4v) is 3.56. The van der Waals surface area contributed by atoms with E-state index >= 15 is 0 Å². The van der Waals surface area contributed by atoms with E-state index in [0.29, 0.717) is 29.2 Å². The Morgan fingerprint density at radius 2 is 1.88 bits per heavy atom. The second kappa shape index (κ2) is 9.11. The molecule has 0 aliphatic rings. The molecule has 7 nitrogen and oxygen atoms in total. The van der Waals surface area contributed by atoms with E-state index in [2.05, 4.69) is 20.4 Å². The van der Waals surface area contributed by atoms with Crippen LogP contribution in [0.4, 0.5) is 10.1 Å². The van der Waals surface area contributed by atoms with Gasteiger partial charge in [0.15, 0.2) is 0 Å². The van der Waals surface area contributed by atoms with Crippen LogP contribution in [-0.2, 0) is 6.54 Å². The molecule has 0 aliphatic carbocycles. The van der Waals surface area contributed by atoms with Crippen LogP contribution in [-0.4, -0.2) is 25.6 Å². The molecule has 2 aromatic heterocycles. The maximum absolute atomic E-state index is 13.5. The summed E-state index contributed by atoms with van der Waals surface area (Å²) in [5, 5.41) is 6.85. The summed E-state index contributed by atoms with van der Waals surface area (Å²) in [5.41, 5.74) is 4.39. The predicted octanol–water partition coefficient (Wildman–Crippen LogP) is 5.35. The Labute approximate surface area is 194 Å². The number of carbonyl (C=O) groups excluding carboxylic acids is 1. The predicted molar refractivity (Wildman–Crippen MR) is 126 cm³/mol. The van der Waals surface area contributed by atoms with Crippen molar-refractivity contribution in [3.05, 3.63) is 108 Å². The quantitative estimate of drug-likeness (QED) is 0.375. The van der Waals surface area contributed by atoms with E-state index in [0.717, 1.165) is 16.8 Å². The van der Waals surface area contributed by atoms with E-state index in [1.807, 2.05) is 54.0 Å². The zero-order valence-corrected chi connectivity index (χ0v) is 18.3. The van der Waals surface area contributed by atoms with Crippen LogP contribution >= 0.6 is 0 Å². The molecule has 0 bridgehead atoms. The zero-order valence-electron chi connectivity index (χ0n) is 18.3. The summed E-state index contributed by atoms with van der Waals surface area (Å²) >= 11 is 0. The molecule has 0 aliphatic heterocycles. The van der Waals surface area contributed by atoms with E-state index < -0.39 is 0 Å². The number of aryl methyl sites for hydroxylation is 1. The Hall–Kier alpha value is -4.59. The molecule has 0 unspecified atom stereocenters. The van der Waals surface area contributed by atoms with Crippen molar-refractivity contribution in [1.29, 1.82) is 0 Å². The lowest BCUT2D eigenvalue weighted by Gasteiger charge is -2.09. The molecule has 8 heteroatoms. The Morgan fingerprint density at radius 1 is 1.06 bits per heavy atom. The summed E-state index contributed by atoms with van der Waals surface area (Å²) in [6.45, 7) is 2.48. The number of benzene rings is 3. The summed E-state index contributed by atoms with van der Waals surface area (Å²) in [7, 11) is 0. The van der Waals surface area contributed by atoms with Crippen molar-refractivity contribution < 1.29 is 13.7 Å². The molecular formula is C26H20FN5O2. The topological polar surface area (TPSA) is 85.8 Å². The van der Waals surface area contributed by atoms with Crippen molar-refractivity contribution in [1.82, 2.24) is 19.7 Å². The summed E-state index contributed by atoms with van der Waals surface area (Å²) < 4.78 is 20.6. The Morgan fingerprint density at radius 3 is 2.68 bits per heavy atom. The normalized spacial score (nSPS) is 10.9. The summed E-state index contributed by atoms with van der Waals surface area (Å²) in [4.78, 5) is 21.2. The molecule has 0 spiro atoms. The largest absolute Gasteiger partial charge is 0.332 e. The van der Waals surface area contributed by atoms with Gasteiger partial charge in [-0.1, -0.05) is 47.6 Å². The molecule has 5 rings (SSSR count). The molecule has 3 aromatic carbocycles. The van der Waals surface area contributed by atoms with Gasteiger partial charge in [0.2, 0.25) is 5.82 Å². The zero-order chi connectivity index (χ0) is 23.5. The molecule has 1 amide bonds. The first-order valence-corrected chi connectivity index (χ1v) is 10.6. The van der Waals surface area contributed by atoms with Gasteiger partial charge in [-0.05, 0) is 48.4 Å². The minimum absolute atomic E-state index is 0.137. The Kier molecular flexibility index (Phi) is 5.70. The number of nitrogens with zero attached hydrogens (tertiary/aromatic N) is 4. The molecule has 0 saturated carbocycles. The van der Waals surface area contributed by atoms with Crippen LogP contribution in [0.3, 0.4) is 0 Å². The van der Waals surface area contributed by atoms with Crippen molar-refractivity contribution in [3.8, 4) is 23.0 Å². The third-order valence-corrected chi connectivity index (χ3v) is 5.33. The van der Waals surface area contributed by atoms with Gasteiger partial charge >= 0.3 is 0 Å². The van der Waals surface area contributed by atoms with Gasteiger partial charge in [0.1, 0.15) is 11.5 Å². The van der Waals surface area contributed by atoms with Crippen molar-refractivity contribution in [2.24, 2.45) is 0 Å². The number of nitrogens with one attached hydrogen (secondary N) is 1. The third-order valence-electron chi connectivity index (χ3n) is 5.33. The fraction of sp³-hybridized carbons (Fsp3) is 0.0769. The third kappa shape index (κ3) is 4.61. The Bertz CT molecular complexity index is 1460. The van der Waals surface area contributed by atoms with Crippen LogP contribution in [0.1, 0.15) is 21.5 Å². The summed E-state index contributed by atoms with van der Waals surface area (Å²) in [6.07, 6.45) is 3.48. The maximum Gasteiger partial charge on any atom is 0.278 e. The number of hydrogen-bond acceptors (Lipinski definition) is 5. The molecule has 5 aromatic rings. The second-order valence-corrected chi connectivity index (χ2v) is 7.83. The molecular weight excluding hydrogens is 433 g/mol. The molecule has 0 fully saturated rings. The van der Waals surface area contributed by atoms with Crippen molar-refractivity contribution >= 4 is 11.6 Å². The van der Waals surface area contributed by atoms with Gasteiger partial charge in [-0.3, -0.25) is 4.79 Å². The second-order valence-electron chi connectivity index (χ2n) is 7.83. The molecule has 1 N–H and O–H groups in total. The molecule has 0 radical (unpaired) electrons. The monoisotopic (exact) mass is 453 g/mol. The van der Waals surface area contributed by atoms with Gasteiger partial charge in [-0.2, -0.15) is 4.98 Å². The van der Waals surface area contributed by atoms with E-state index in [4.69, 9.17) is 4.52 Å².